The van der Waals surface area contributed by atoms with Crippen molar-refractivity contribution in [2.24, 2.45) is 0 Å². The van der Waals surface area contributed by atoms with Crippen molar-refractivity contribution in [3.63, 3.8) is 0 Å². The minimum Gasteiger partial charge on any atom is -0.460 e. The van der Waals surface area contributed by atoms with Crippen LogP contribution in [0.25, 0.3) is 11.1 Å². The highest BCUT2D eigenvalue weighted by atomic mass is 16.6. The van der Waals surface area contributed by atoms with Crippen LogP contribution in [0.2, 0.25) is 0 Å². The molecule has 1 heterocycles. The zero-order valence-electron chi connectivity index (χ0n) is 13.1. The van der Waals surface area contributed by atoms with E-state index in [4.69, 9.17) is 9.47 Å². The quantitative estimate of drug-likeness (QED) is 0.814. The molecule has 0 aromatic heterocycles. The second kappa shape index (κ2) is 6.24. The molecule has 23 heavy (non-hydrogen) atoms. The Hall–Kier alpha value is -2.62. The summed E-state index contributed by atoms with van der Waals surface area (Å²) in [6, 6.07) is 15.3. The van der Waals surface area contributed by atoms with Gasteiger partial charge in [-0.05, 0) is 37.1 Å². The van der Waals surface area contributed by atoms with Crippen LogP contribution in [-0.2, 0) is 14.3 Å². The maximum atomic E-state index is 12.1. The molecule has 2 aromatic rings. The van der Waals surface area contributed by atoms with E-state index in [2.05, 4.69) is 0 Å². The molecular formula is C19H18O4. The van der Waals surface area contributed by atoms with Gasteiger partial charge in [-0.15, -0.1) is 0 Å². The van der Waals surface area contributed by atoms with E-state index in [9.17, 15) is 9.59 Å². The van der Waals surface area contributed by atoms with Gasteiger partial charge in [0.25, 0.3) is 0 Å². The Bertz CT molecular complexity index is 716. The van der Waals surface area contributed by atoms with Gasteiger partial charge in [-0.25, -0.2) is 9.59 Å². The average Bonchev–Trinajstić information content (AvgIpc) is 2.86. The molecule has 0 bridgehead atoms. The van der Waals surface area contributed by atoms with Crippen LogP contribution < -0.4 is 0 Å². The standard InChI is InChI=1S/C19H18O4/c1-12-3-5-14(6-4-12)15-7-9-16(10-8-15)18(20)23-17-11-13(2)22-19(17)21/h3-10,13,17H,11H2,1-2H3. The predicted octanol–water partition coefficient (Wildman–Crippen LogP) is 3.52. The lowest BCUT2D eigenvalue weighted by atomic mass is 10.0. The summed E-state index contributed by atoms with van der Waals surface area (Å²) in [5, 5.41) is 0. The normalized spacial score (nSPS) is 20.2. The predicted molar refractivity (Wildman–Crippen MR) is 86.0 cm³/mol. The van der Waals surface area contributed by atoms with Crippen LogP contribution in [0.3, 0.4) is 0 Å². The molecule has 4 heteroatoms. The van der Waals surface area contributed by atoms with Crippen molar-refractivity contribution in [3.05, 3.63) is 59.7 Å². The van der Waals surface area contributed by atoms with Crippen LogP contribution in [0.5, 0.6) is 0 Å². The van der Waals surface area contributed by atoms with Gasteiger partial charge in [-0.1, -0.05) is 42.0 Å². The lowest BCUT2D eigenvalue weighted by Crippen LogP contribution is -2.22. The number of benzene rings is 2. The van der Waals surface area contributed by atoms with E-state index in [0.29, 0.717) is 12.0 Å². The number of cyclic esters (lactones) is 1. The highest BCUT2D eigenvalue weighted by molar-refractivity contribution is 5.92. The summed E-state index contributed by atoms with van der Waals surface area (Å²) in [5.41, 5.74) is 3.74. The van der Waals surface area contributed by atoms with Gasteiger partial charge in [-0.3, -0.25) is 0 Å². The summed E-state index contributed by atoms with van der Waals surface area (Å²) in [6.07, 6.45) is -0.593. The van der Waals surface area contributed by atoms with E-state index in [0.717, 1.165) is 11.1 Å². The Kier molecular flexibility index (Phi) is 4.15. The Labute approximate surface area is 135 Å². The molecule has 1 aliphatic rings. The van der Waals surface area contributed by atoms with Gasteiger partial charge in [0.1, 0.15) is 6.10 Å². The maximum absolute atomic E-state index is 12.1. The number of hydrogen-bond donors (Lipinski definition) is 0. The number of aryl methyl sites for hydroxylation is 1. The summed E-state index contributed by atoms with van der Waals surface area (Å²) in [6.45, 7) is 3.82. The number of ether oxygens (including phenoxy) is 2. The Balaban J connectivity index is 1.70. The minimum atomic E-state index is -0.797. The molecule has 1 aliphatic heterocycles. The van der Waals surface area contributed by atoms with Crippen LogP contribution in [0.15, 0.2) is 48.5 Å². The number of carbonyl (C=O) groups is 2. The van der Waals surface area contributed by atoms with Gasteiger partial charge in [-0.2, -0.15) is 0 Å². The summed E-state index contributed by atoms with van der Waals surface area (Å²) < 4.78 is 10.2. The van der Waals surface area contributed by atoms with Crippen molar-refractivity contribution < 1.29 is 19.1 Å². The van der Waals surface area contributed by atoms with Crippen LogP contribution in [0, 0.1) is 6.92 Å². The van der Waals surface area contributed by atoms with Crippen molar-refractivity contribution in [2.45, 2.75) is 32.5 Å². The first kappa shape index (κ1) is 15.3. The molecule has 3 rings (SSSR count). The van der Waals surface area contributed by atoms with Crippen molar-refractivity contribution in [2.75, 3.05) is 0 Å². The lowest BCUT2D eigenvalue weighted by Gasteiger charge is -2.09. The Morgan fingerprint density at radius 2 is 1.61 bits per heavy atom. The summed E-state index contributed by atoms with van der Waals surface area (Å²) >= 11 is 0. The molecule has 2 unspecified atom stereocenters. The fraction of sp³-hybridized carbons (Fsp3) is 0.263. The molecule has 0 amide bonds. The monoisotopic (exact) mass is 310 g/mol. The van der Waals surface area contributed by atoms with Crippen molar-refractivity contribution in [3.8, 4) is 11.1 Å². The molecule has 118 valence electrons. The molecule has 2 atom stereocenters. The SMILES string of the molecule is Cc1ccc(-c2ccc(C(=O)OC3CC(C)OC3=O)cc2)cc1. The highest BCUT2D eigenvalue weighted by Crippen LogP contribution is 2.22. The first-order chi connectivity index (χ1) is 11.0. The largest absolute Gasteiger partial charge is 0.460 e. The van der Waals surface area contributed by atoms with Gasteiger partial charge >= 0.3 is 11.9 Å². The third kappa shape index (κ3) is 3.42. The van der Waals surface area contributed by atoms with E-state index in [1.807, 2.05) is 43.3 Å². The molecule has 2 aromatic carbocycles. The average molecular weight is 310 g/mol. The highest BCUT2D eigenvalue weighted by Gasteiger charge is 2.35. The van der Waals surface area contributed by atoms with Crippen molar-refractivity contribution in [1.29, 1.82) is 0 Å². The molecule has 0 N–H and O–H groups in total. The second-order valence-electron chi connectivity index (χ2n) is 5.82. The Morgan fingerprint density at radius 3 is 2.13 bits per heavy atom. The first-order valence-corrected chi connectivity index (χ1v) is 7.61. The second-order valence-corrected chi connectivity index (χ2v) is 5.82. The van der Waals surface area contributed by atoms with E-state index < -0.39 is 18.0 Å². The van der Waals surface area contributed by atoms with E-state index in [-0.39, 0.29) is 6.10 Å². The molecule has 0 aliphatic carbocycles. The van der Waals surface area contributed by atoms with E-state index >= 15 is 0 Å². The zero-order chi connectivity index (χ0) is 16.4. The van der Waals surface area contributed by atoms with Crippen molar-refractivity contribution >= 4 is 11.9 Å². The molecule has 0 saturated carbocycles. The van der Waals surface area contributed by atoms with Crippen LogP contribution >= 0.6 is 0 Å². The minimum absolute atomic E-state index is 0.204. The number of hydrogen-bond acceptors (Lipinski definition) is 4. The van der Waals surface area contributed by atoms with Crippen LogP contribution in [0.1, 0.15) is 29.3 Å². The van der Waals surface area contributed by atoms with Gasteiger partial charge in [0.15, 0.2) is 0 Å². The molecule has 1 fully saturated rings. The number of rotatable bonds is 3. The van der Waals surface area contributed by atoms with Crippen molar-refractivity contribution in [1.82, 2.24) is 0 Å². The third-order valence-corrected chi connectivity index (χ3v) is 3.88. The van der Waals surface area contributed by atoms with Gasteiger partial charge in [0.05, 0.1) is 5.56 Å². The van der Waals surface area contributed by atoms with Gasteiger partial charge in [0, 0.05) is 6.42 Å². The van der Waals surface area contributed by atoms with Crippen LogP contribution in [-0.4, -0.2) is 24.1 Å². The summed E-state index contributed by atoms with van der Waals surface area (Å²) in [4.78, 5) is 23.6. The number of esters is 2. The first-order valence-electron chi connectivity index (χ1n) is 7.61. The molecule has 1 saturated heterocycles. The maximum Gasteiger partial charge on any atom is 0.347 e. The molecule has 0 radical (unpaired) electrons. The fourth-order valence-electron chi connectivity index (χ4n) is 2.56. The van der Waals surface area contributed by atoms with Gasteiger partial charge < -0.3 is 9.47 Å². The summed E-state index contributed by atoms with van der Waals surface area (Å²) in [5.74, 6) is -0.973. The molecular weight excluding hydrogens is 292 g/mol. The smallest absolute Gasteiger partial charge is 0.347 e. The van der Waals surface area contributed by atoms with E-state index in [1.54, 1.807) is 19.1 Å². The Morgan fingerprint density at radius 1 is 1.04 bits per heavy atom. The zero-order valence-corrected chi connectivity index (χ0v) is 13.1. The molecule has 0 spiro atoms. The summed E-state index contributed by atoms with van der Waals surface area (Å²) in [7, 11) is 0. The lowest BCUT2D eigenvalue weighted by molar-refractivity contribution is -0.147. The van der Waals surface area contributed by atoms with Crippen LogP contribution in [0.4, 0.5) is 0 Å². The van der Waals surface area contributed by atoms with E-state index in [1.165, 1.54) is 5.56 Å². The van der Waals surface area contributed by atoms with Gasteiger partial charge in [0.2, 0.25) is 6.10 Å². The molecule has 4 nitrogen and oxygen atoms in total. The fourth-order valence-corrected chi connectivity index (χ4v) is 2.56. The number of carbonyl (C=O) groups excluding carboxylic acids is 2. The third-order valence-electron chi connectivity index (χ3n) is 3.88. The topological polar surface area (TPSA) is 52.6 Å².